The molecule has 2 N–H and O–H groups in total. The van der Waals surface area contributed by atoms with Crippen LogP contribution in [-0.4, -0.2) is 25.7 Å². The highest BCUT2D eigenvalue weighted by molar-refractivity contribution is 5.97. The lowest BCUT2D eigenvalue weighted by atomic mass is 9.98. The highest BCUT2D eigenvalue weighted by Gasteiger charge is 2.21. The standard InChI is InChI=1S/C17H26N2O2/c1-3-13-6-5-10-19(11-9-13)16-8-7-14(18)12-15(16)17(20)21-4-2/h7-8,12-13H,3-6,9-11,18H2,1-2H3. The number of hydrogen-bond acceptors (Lipinski definition) is 4. The Kier molecular flexibility index (Phi) is 5.48. The van der Waals surface area contributed by atoms with Gasteiger partial charge in [0.1, 0.15) is 0 Å². The molecule has 0 radical (unpaired) electrons. The first-order chi connectivity index (χ1) is 10.2. The molecule has 21 heavy (non-hydrogen) atoms. The molecule has 1 atom stereocenters. The fraction of sp³-hybridized carbons (Fsp3) is 0.588. The second kappa shape index (κ2) is 7.34. The van der Waals surface area contributed by atoms with E-state index in [0.29, 0.717) is 17.9 Å². The van der Waals surface area contributed by atoms with E-state index >= 15 is 0 Å². The summed E-state index contributed by atoms with van der Waals surface area (Å²) in [4.78, 5) is 14.5. The molecule has 1 aliphatic heterocycles. The number of carbonyl (C=O) groups excluding carboxylic acids is 1. The van der Waals surface area contributed by atoms with E-state index in [0.717, 1.165) is 24.7 Å². The first-order valence-corrected chi connectivity index (χ1v) is 7.97. The van der Waals surface area contributed by atoms with Crippen molar-refractivity contribution in [3.8, 4) is 0 Å². The molecule has 4 nitrogen and oxygen atoms in total. The van der Waals surface area contributed by atoms with Gasteiger partial charge in [0, 0.05) is 18.8 Å². The van der Waals surface area contributed by atoms with E-state index in [2.05, 4.69) is 11.8 Å². The number of nitrogens with zero attached hydrogens (tertiary/aromatic N) is 1. The quantitative estimate of drug-likeness (QED) is 0.681. The zero-order chi connectivity index (χ0) is 15.2. The topological polar surface area (TPSA) is 55.6 Å². The van der Waals surface area contributed by atoms with E-state index in [4.69, 9.17) is 10.5 Å². The minimum absolute atomic E-state index is 0.281. The second-order valence-corrected chi connectivity index (χ2v) is 5.69. The van der Waals surface area contributed by atoms with Crippen LogP contribution in [0.5, 0.6) is 0 Å². The van der Waals surface area contributed by atoms with Crippen molar-refractivity contribution in [2.75, 3.05) is 30.3 Å². The molecule has 1 aromatic carbocycles. The van der Waals surface area contributed by atoms with Crippen LogP contribution in [0.1, 0.15) is 49.9 Å². The third kappa shape index (κ3) is 3.90. The molecule has 0 aromatic heterocycles. The lowest BCUT2D eigenvalue weighted by Gasteiger charge is -2.25. The van der Waals surface area contributed by atoms with Crippen LogP contribution in [0.15, 0.2) is 18.2 Å². The zero-order valence-corrected chi connectivity index (χ0v) is 13.1. The number of anilines is 2. The molecule has 1 heterocycles. The number of rotatable bonds is 4. The van der Waals surface area contributed by atoms with Gasteiger partial charge >= 0.3 is 5.97 Å². The van der Waals surface area contributed by atoms with E-state index in [1.165, 1.54) is 25.7 Å². The van der Waals surface area contributed by atoms with Crippen LogP contribution >= 0.6 is 0 Å². The zero-order valence-electron chi connectivity index (χ0n) is 13.1. The fourth-order valence-corrected chi connectivity index (χ4v) is 3.02. The molecule has 2 rings (SSSR count). The predicted octanol–water partition coefficient (Wildman–Crippen LogP) is 3.46. The number of nitrogen functional groups attached to an aromatic ring is 1. The first kappa shape index (κ1) is 15.7. The van der Waals surface area contributed by atoms with E-state index < -0.39 is 0 Å². The smallest absolute Gasteiger partial charge is 0.340 e. The number of benzene rings is 1. The summed E-state index contributed by atoms with van der Waals surface area (Å²) in [6.07, 6.45) is 4.87. The summed E-state index contributed by atoms with van der Waals surface area (Å²) in [5, 5.41) is 0. The van der Waals surface area contributed by atoms with Crippen molar-refractivity contribution < 1.29 is 9.53 Å². The number of ether oxygens (including phenoxy) is 1. The SMILES string of the molecule is CCOC(=O)c1cc(N)ccc1N1CCCC(CC)CC1. The van der Waals surface area contributed by atoms with Gasteiger partial charge in [0.2, 0.25) is 0 Å². The Hall–Kier alpha value is -1.71. The molecule has 1 unspecified atom stereocenters. The van der Waals surface area contributed by atoms with Crippen LogP contribution in [0.3, 0.4) is 0 Å². The normalized spacial score (nSPS) is 19.1. The predicted molar refractivity (Wildman–Crippen MR) is 86.7 cm³/mol. The second-order valence-electron chi connectivity index (χ2n) is 5.69. The van der Waals surface area contributed by atoms with Crippen LogP contribution in [0.4, 0.5) is 11.4 Å². The molecule has 1 fully saturated rings. The van der Waals surface area contributed by atoms with Gasteiger partial charge in [-0.05, 0) is 50.3 Å². The van der Waals surface area contributed by atoms with Gasteiger partial charge in [-0.25, -0.2) is 4.79 Å². The Balaban J connectivity index is 2.24. The van der Waals surface area contributed by atoms with E-state index in [1.807, 2.05) is 19.1 Å². The van der Waals surface area contributed by atoms with Crippen molar-refractivity contribution in [1.29, 1.82) is 0 Å². The molecule has 116 valence electrons. The molecule has 1 aliphatic rings. The summed E-state index contributed by atoms with van der Waals surface area (Å²) < 4.78 is 5.17. The number of esters is 1. The summed E-state index contributed by atoms with van der Waals surface area (Å²) in [6.45, 7) is 6.45. The van der Waals surface area contributed by atoms with E-state index in [9.17, 15) is 4.79 Å². The molecule has 0 aliphatic carbocycles. The van der Waals surface area contributed by atoms with Crippen LogP contribution in [0.25, 0.3) is 0 Å². The van der Waals surface area contributed by atoms with Gasteiger partial charge in [-0.3, -0.25) is 0 Å². The van der Waals surface area contributed by atoms with Gasteiger partial charge in [-0.15, -0.1) is 0 Å². The van der Waals surface area contributed by atoms with Crippen molar-refractivity contribution in [1.82, 2.24) is 0 Å². The Labute approximate surface area is 127 Å². The maximum Gasteiger partial charge on any atom is 0.340 e. The van der Waals surface area contributed by atoms with Gasteiger partial charge < -0.3 is 15.4 Å². The molecule has 0 amide bonds. The first-order valence-electron chi connectivity index (χ1n) is 7.97. The van der Waals surface area contributed by atoms with Crippen molar-refractivity contribution in [2.24, 2.45) is 5.92 Å². The molecule has 1 aromatic rings. The molecule has 4 heteroatoms. The number of nitrogens with two attached hydrogens (primary N) is 1. The summed E-state index contributed by atoms with van der Waals surface area (Å²) >= 11 is 0. The van der Waals surface area contributed by atoms with Gasteiger partial charge in [0.25, 0.3) is 0 Å². The maximum atomic E-state index is 12.2. The summed E-state index contributed by atoms with van der Waals surface area (Å²) in [5.41, 5.74) is 7.99. The van der Waals surface area contributed by atoms with E-state index in [1.54, 1.807) is 6.07 Å². The summed E-state index contributed by atoms with van der Waals surface area (Å²) in [7, 11) is 0. The minimum Gasteiger partial charge on any atom is -0.462 e. The average molecular weight is 290 g/mol. The van der Waals surface area contributed by atoms with Gasteiger partial charge in [-0.1, -0.05) is 13.3 Å². The molecule has 1 saturated heterocycles. The Morgan fingerprint density at radius 3 is 2.86 bits per heavy atom. The molecule has 0 spiro atoms. The van der Waals surface area contributed by atoms with Crippen LogP contribution in [0.2, 0.25) is 0 Å². The van der Waals surface area contributed by atoms with Gasteiger partial charge in [0.15, 0.2) is 0 Å². The highest BCUT2D eigenvalue weighted by Crippen LogP contribution is 2.28. The van der Waals surface area contributed by atoms with Crippen molar-refractivity contribution >= 4 is 17.3 Å². The lowest BCUT2D eigenvalue weighted by molar-refractivity contribution is 0.0527. The summed E-state index contributed by atoms with van der Waals surface area (Å²) in [5.74, 6) is 0.519. The van der Waals surface area contributed by atoms with Crippen molar-refractivity contribution in [2.45, 2.75) is 39.5 Å². The number of hydrogen-bond donors (Lipinski definition) is 1. The molecular weight excluding hydrogens is 264 g/mol. The lowest BCUT2D eigenvalue weighted by Crippen LogP contribution is -2.26. The largest absolute Gasteiger partial charge is 0.462 e. The number of carbonyl (C=O) groups is 1. The minimum atomic E-state index is -0.281. The maximum absolute atomic E-state index is 12.2. The monoisotopic (exact) mass is 290 g/mol. The third-order valence-electron chi connectivity index (χ3n) is 4.28. The third-order valence-corrected chi connectivity index (χ3v) is 4.28. The van der Waals surface area contributed by atoms with Crippen LogP contribution in [-0.2, 0) is 4.74 Å². The highest BCUT2D eigenvalue weighted by atomic mass is 16.5. The molecule has 0 bridgehead atoms. The summed E-state index contributed by atoms with van der Waals surface area (Å²) in [6, 6.07) is 5.55. The van der Waals surface area contributed by atoms with Crippen LogP contribution < -0.4 is 10.6 Å². The van der Waals surface area contributed by atoms with Crippen molar-refractivity contribution in [3.05, 3.63) is 23.8 Å². The fourth-order valence-electron chi connectivity index (χ4n) is 3.02. The van der Waals surface area contributed by atoms with Crippen LogP contribution in [0, 0.1) is 5.92 Å². The Morgan fingerprint density at radius 2 is 2.14 bits per heavy atom. The Bertz CT molecular complexity index is 488. The molecule has 0 saturated carbocycles. The average Bonchev–Trinajstić information content (AvgIpc) is 2.73. The van der Waals surface area contributed by atoms with Gasteiger partial charge in [-0.2, -0.15) is 0 Å². The van der Waals surface area contributed by atoms with Crippen molar-refractivity contribution in [3.63, 3.8) is 0 Å². The van der Waals surface area contributed by atoms with Gasteiger partial charge in [0.05, 0.1) is 17.9 Å². The Morgan fingerprint density at radius 1 is 1.33 bits per heavy atom. The molecular formula is C17H26N2O2. The van der Waals surface area contributed by atoms with E-state index in [-0.39, 0.29) is 5.97 Å².